The zero-order chi connectivity index (χ0) is 17.8. The number of hydrogen-bond acceptors (Lipinski definition) is 5. The number of nitrogens with zero attached hydrogens (tertiary/aromatic N) is 4. The summed E-state index contributed by atoms with van der Waals surface area (Å²) in [5.41, 5.74) is 0.374. The fourth-order valence-corrected chi connectivity index (χ4v) is 3.42. The summed E-state index contributed by atoms with van der Waals surface area (Å²) in [7, 11) is 0. The lowest BCUT2D eigenvalue weighted by molar-refractivity contribution is -0.137. The Labute approximate surface area is 148 Å². The molecule has 25 heavy (non-hydrogen) atoms. The molecule has 0 aliphatic carbocycles. The number of aryl methyl sites for hydroxylation is 1. The van der Waals surface area contributed by atoms with Gasteiger partial charge in [0, 0.05) is 32.4 Å². The maximum atomic E-state index is 12.6. The van der Waals surface area contributed by atoms with Crippen molar-refractivity contribution < 1.29 is 19.5 Å². The highest BCUT2D eigenvalue weighted by Gasteiger charge is 2.27. The maximum absolute atomic E-state index is 12.6. The van der Waals surface area contributed by atoms with Crippen LogP contribution in [0.3, 0.4) is 0 Å². The van der Waals surface area contributed by atoms with E-state index in [1.165, 1.54) is 22.2 Å². The molecule has 2 amide bonds. The summed E-state index contributed by atoms with van der Waals surface area (Å²) in [5, 5.41) is 14.7. The van der Waals surface area contributed by atoms with E-state index in [1.807, 2.05) is 11.4 Å². The molecule has 0 aromatic carbocycles. The first-order valence-corrected chi connectivity index (χ1v) is 8.80. The Bertz CT molecular complexity index is 763. The van der Waals surface area contributed by atoms with Gasteiger partial charge >= 0.3 is 5.97 Å². The number of rotatable bonds is 5. The molecule has 3 rings (SSSR count). The van der Waals surface area contributed by atoms with E-state index < -0.39 is 5.97 Å². The Morgan fingerprint density at radius 1 is 1.08 bits per heavy atom. The summed E-state index contributed by atoms with van der Waals surface area (Å²) in [4.78, 5) is 39.8. The van der Waals surface area contributed by atoms with Crippen LogP contribution in [0, 0.1) is 0 Å². The minimum absolute atomic E-state index is 0.00593. The number of aromatic nitrogens is 2. The summed E-state index contributed by atoms with van der Waals surface area (Å²) in [6.07, 6.45) is 1.40. The predicted octanol–water partition coefficient (Wildman–Crippen LogP) is 1.02. The molecule has 2 aromatic heterocycles. The molecule has 1 aliphatic heterocycles. The van der Waals surface area contributed by atoms with Crippen molar-refractivity contribution in [1.82, 2.24) is 19.6 Å². The van der Waals surface area contributed by atoms with Crippen molar-refractivity contribution in [3.8, 4) is 0 Å². The third-order valence-electron chi connectivity index (χ3n) is 4.06. The third-order valence-corrected chi connectivity index (χ3v) is 4.92. The predicted molar refractivity (Wildman–Crippen MR) is 90.6 cm³/mol. The van der Waals surface area contributed by atoms with Crippen LogP contribution in [0.25, 0.3) is 0 Å². The summed E-state index contributed by atoms with van der Waals surface area (Å²) >= 11 is 1.41. The van der Waals surface area contributed by atoms with Gasteiger partial charge in [0.15, 0.2) is 0 Å². The number of carboxylic acids is 1. The molecule has 1 N–H and O–H groups in total. The average Bonchev–Trinajstić information content (AvgIpc) is 3.30. The first-order valence-electron chi connectivity index (χ1n) is 7.92. The molecule has 9 heteroatoms. The molecule has 132 valence electrons. The van der Waals surface area contributed by atoms with Crippen molar-refractivity contribution in [3.05, 3.63) is 40.3 Å². The van der Waals surface area contributed by atoms with Crippen molar-refractivity contribution >= 4 is 29.1 Å². The minimum Gasteiger partial charge on any atom is -0.481 e. The van der Waals surface area contributed by atoms with Gasteiger partial charge in [-0.05, 0) is 17.5 Å². The summed E-state index contributed by atoms with van der Waals surface area (Å²) in [6.45, 7) is 2.00. The van der Waals surface area contributed by atoms with Crippen molar-refractivity contribution in [3.63, 3.8) is 0 Å². The lowest BCUT2D eigenvalue weighted by Crippen LogP contribution is -2.50. The summed E-state index contributed by atoms with van der Waals surface area (Å²) in [6, 6.07) is 5.23. The smallest absolute Gasteiger partial charge is 0.305 e. The number of hydrogen-bond donors (Lipinski definition) is 1. The van der Waals surface area contributed by atoms with E-state index >= 15 is 0 Å². The minimum atomic E-state index is -0.936. The molecule has 0 unspecified atom stereocenters. The topological polar surface area (TPSA) is 95.7 Å². The highest BCUT2D eigenvalue weighted by Crippen LogP contribution is 2.15. The molecule has 2 aromatic rings. The van der Waals surface area contributed by atoms with Crippen LogP contribution in [0.4, 0.5) is 0 Å². The van der Waals surface area contributed by atoms with Crippen LogP contribution >= 0.6 is 11.3 Å². The molecule has 1 fully saturated rings. The molecule has 0 bridgehead atoms. The Morgan fingerprint density at radius 3 is 2.36 bits per heavy atom. The van der Waals surface area contributed by atoms with Crippen molar-refractivity contribution in [2.45, 2.75) is 13.0 Å². The molecule has 0 spiro atoms. The number of thiophene rings is 1. The van der Waals surface area contributed by atoms with E-state index in [2.05, 4.69) is 5.10 Å². The Balaban J connectivity index is 1.59. The molecular formula is C16H18N4O4S. The van der Waals surface area contributed by atoms with Crippen LogP contribution < -0.4 is 0 Å². The molecule has 3 heterocycles. The van der Waals surface area contributed by atoms with Gasteiger partial charge in [-0.15, -0.1) is 11.3 Å². The van der Waals surface area contributed by atoms with Crippen molar-refractivity contribution in [1.29, 1.82) is 0 Å². The maximum Gasteiger partial charge on any atom is 0.305 e. The van der Waals surface area contributed by atoms with Gasteiger partial charge in [-0.3, -0.25) is 19.1 Å². The average molecular weight is 362 g/mol. The van der Waals surface area contributed by atoms with Crippen LogP contribution in [0.5, 0.6) is 0 Å². The normalized spacial score (nSPS) is 14.6. The highest BCUT2D eigenvalue weighted by molar-refractivity contribution is 7.12. The second kappa shape index (κ2) is 7.47. The standard InChI is InChI=1S/C16H18N4O4S/c21-14(22)4-6-20-12(3-5-17-20)15(23)18-7-9-19(10-8-18)16(24)13-2-1-11-25-13/h1-3,5,11H,4,6-10H2,(H,21,22). The van der Waals surface area contributed by atoms with E-state index in [4.69, 9.17) is 5.11 Å². The number of amides is 2. The van der Waals surface area contributed by atoms with Crippen LogP contribution in [0.15, 0.2) is 29.8 Å². The number of carboxylic acid groups (broad SMARTS) is 1. The molecule has 8 nitrogen and oxygen atoms in total. The SMILES string of the molecule is O=C(O)CCn1nccc1C(=O)N1CCN(C(=O)c2cccs2)CC1. The fourth-order valence-electron chi connectivity index (χ4n) is 2.72. The van der Waals surface area contributed by atoms with Crippen molar-refractivity contribution in [2.24, 2.45) is 0 Å². The second-order valence-electron chi connectivity index (χ2n) is 5.65. The summed E-state index contributed by atoms with van der Waals surface area (Å²) < 4.78 is 1.42. The molecule has 0 saturated carbocycles. The van der Waals surface area contributed by atoms with E-state index in [0.29, 0.717) is 36.8 Å². The summed E-state index contributed by atoms with van der Waals surface area (Å²) in [5.74, 6) is -1.13. The largest absolute Gasteiger partial charge is 0.481 e. The van der Waals surface area contributed by atoms with Gasteiger partial charge in [0.2, 0.25) is 0 Å². The van der Waals surface area contributed by atoms with Gasteiger partial charge in [0.25, 0.3) is 11.8 Å². The lowest BCUT2D eigenvalue weighted by Gasteiger charge is -2.34. The molecule has 0 atom stereocenters. The van der Waals surface area contributed by atoms with Gasteiger partial charge in [-0.2, -0.15) is 5.10 Å². The second-order valence-corrected chi connectivity index (χ2v) is 6.59. The van der Waals surface area contributed by atoms with E-state index in [9.17, 15) is 14.4 Å². The first kappa shape index (κ1) is 17.2. The zero-order valence-electron chi connectivity index (χ0n) is 13.5. The number of piperazine rings is 1. The van der Waals surface area contributed by atoms with Crippen LogP contribution in [0.1, 0.15) is 26.6 Å². The number of aliphatic carboxylic acids is 1. The van der Waals surface area contributed by atoms with Crippen LogP contribution in [-0.4, -0.2) is 68.6 Å². The van der Waals surface area contributed by atoms with E-state index in [1.54, 1.807) is 21.9 Å². The van der Waals surface area contributed by atoms with Gasteiger partial charge in [0.1, 0.15) is 5.69 Å². The third kappa shape index (κ3) is 3.87. The molecule has 0 radical (unpaired) electrons. The van der Waals surface area contributed by atoms with Crippen LogP contribution in [0.2, 0.25) is 0 Å². The van der Waals surface area contributed by atoms with Crippen molar-refractivity contribution in [2.75, 3.05) is 26.2 Å². The Kier molecular flexibility index (Phi) is 5.13. The van der Waals surface area contributed by atoms with E-state index in [-0.39, 0.29) is 24.8 Å². The van der Waals surface area contributed by atoms with E-state index in [0.717, 1.165) is 0 Å². The molecule has 1 aliphatic rings. The lowest BCUT2D eigenvalue weighted by atomic mass is 10.2. The molecule has 1 saturated heterocycles. The van der Waals surface area contributed by atoms with Gasteiger partial charge < -0.3 is 14.9 Å². The van der Waals surface area contributed by atoms with Crippen LogP contribution in [-0.2, 0) is 11.3 Å². The zero-order valence-corrected chi connectivity index (χ0v) is 14.3. The Hall–Kier alpha value is -2.68. The fraction of sp³-hybridized carbons (Fsp3) is 0.375. The number of carbonyl (C=O) groups is 3. The monoisotopic (exact) mass is 362 g/mol. The first-order chi connectivity index (χ1) is 12.1. The Morgan fingerprint density at radius 2 is 1.76 bits per heavy atom. The highest BCUT2D eigenvalue weighted by atomic mass is 32.1. The number of carbonyl (C=O) groups excluding carboxylic acids is 2. The van der Waals surface area contributed by atoms with Gasteiger partial charge in [-0.1, -0.05) is 6.07 Å². The van der Waals surface area contributed by atoms with Gasteiger partial charge in [-0.25, -0.2) is 0 Å². The van der Waals surface area contributed by atoms with Gasteiger partial charge in [0.05, 0.1) is 17.8 Å². The molecular weight excluding hydrogens is 344 g/mol. The quantitative estimate of drug-likeness (QED) is 0.857.